The zero-order valence-electron chi connectivity index (χ0n) is 13.0. The van der Waals surface area contributed by atoms with E-state index in [2.05, 4.69) is 21.2 Å². The molecule has 0 fully saturated rings. The molecule has 0 aliphatic heterocycles. The summed E-state index contributed by atoms with van der Waals surface area (Å²) in [5.74, 6) is 0.797. The Morgan fingerprint density at radius 2 is 1.91 bits per heavy atom. The van der Waals surface area contributed by atoms with Crippen LogP contribution in [-0.4, -0.2) is 13.0 Å². The molecule has 2 aromatic rings. The summed E-state index contributed by atoms with van der Waals surface area (Å²) in [5, 5.41) is 3.02. The predicted molar refractivity (Wildman–Crippen MR) is 92.1 cm³/mol. The first-order valence-corrected chi connectivity index (χ1v) is 7.97. The summed E-state index contributed by atoms with van der Waals surface area (Å²) in [7, 11) is 1.63. The van der Waals surface area contributed by atoms with Crippen molar-refractivity contribution in [2.24, 2.45) is 0 Å². The van der Waals surface area contributed by atoms with Gasteiger partial charge >= 0.3 is 0 Å². The number of nitrogens with one attached hydrogen (secondary N) is 1. The van der Waals surface area contributed by atoms with Crippen molar-refractivity contribution in [3.8, 4) is 5.75 Å². The van der Waals surface area contributed by atoms with Gasteiger partial charge < -0.3 is 10.1 Å². The van der Waals surface area contributed by atoms with Gasteiger partial charge in [0.2, 0.25) is 5.91 Å². The number of carbonyl (C=O) groups excluding carboxylic acids is 1. The first-order valence-electron chi connectivity index (χ1n) is 7.18. The molecule has 1 N–H and O–H groups in total. The molecule has 0 aromatic heterocycles. The van der Waals surface area contributed by atoms with Crippen molar-refractivity contribution < 1.29 is 9.53 Å². The molecule has 0 radical (unpaired) electrons. The number of carbonyl (C=O) groups is 1. The van der Waals surface area contributed by atoms with Crippen LogP contribution in [0.5, 0.6) is 5.75 Å². The van der Waals surface area contributed by atoms with Crippen LogP contribution in [0, 0.1) is 6.92 Å². The highest BCUT2D eigenvalue weighted by atomic mass is 79.9. The minimum atomic E-state index is -0.0554. The third-order valence-electron chi connectivity index (χ3n) is 3.54. The van der Waals surface area contributed by atoms with E-state index in [1.807, 2.05) is 56.3 Å². The number of methoxy groups -OCH3 is 1. The second-order valence-electron chi connectivity index (χ2n) is 5.35. The van der Waals surface area contributed by atoms with E-state index in [9.17, 15) is 4.79 Å². The largest absolute Gasteiger partial charge is 0.496 e. The lowest BCUT2D eigenvalue weighted by Crippen LogP contribution is -2.28. The number of ether oxygens (including phenoxy) is 1. The first kappa shape index (κ1) is 16.6. The molecule has 0 heterocycles. The highest BCUT2D eigenvalue weighted by Crippen LogP contribution is 2.27. The molecule has 0 aliphatic rings. The molecule has 22 heavy (non-hydrogen) atoms. The third-order valence-corrected chi connectivity index (χ3v) is 4.16. The molecule has 0 saturated carbocycles. The summed E-state index contributed by atoms with van der Waals surface area (Å²) >= 11 is 3.46. The van der Waals surface area contributed by atoms with Crippen LogP contribution in [0.4, 0.5) is 0 Å². The number of hydrogen-bond donors (Lipinski definition) is 1. The molecule has 0 spiro atoms. The fraction of sp³-hybridized carbons (Fsp3) is 0.278. The monoisotopic (exact) mass is 361 g/mol. The van der Waals surface area contributed by atoms with Gasteiger partial charge in [-0.25, -0.2) is 0 Å². The Bertz CT molecular complexity index is 653. The molecule has 4 heteroatoms. The van der Waals surface area contributed by atoms with Gasteiger partial charge in [0, 0.05) is 0 Å². The van der Waals surface area contributed by atoms with Crippen LogP contribution in [-0.2, 0) is 11.2 Å². The zero-order chi connectivity index (χ0) is 16.1. The average Bonchev–Trinajstić information content (AvgIpc) is 2.49. The number of aryl methyl sites for hydroxylation is 1. The second-order valence-corrected chi connectivity index (χ2v) is 6.20. The second kappa shape index (κ2) is 7.45. The van der Waals surface area contributed by atoms with E-state index in [0.717, 1.165) is 21.3 Å². The lowest BCUT2D eigenvalue weighted by Gasteiger charge is -2.16. The average molecular weight is 362 g/mol. The van der Waals surface area contributed by atoms with Crippen molar-refractivity contribution in [2.45, 2.75) is 26.3 Å². The minimum absolute atomic E-state index is 0.0169. The van der Waals surface area contributed by atoms with Crippen LogP contribution >= 0.6 is 15.9 Å². The third kappa shape index (κ3) is 4.34. The number of benzene rings is 2. The lowest BCUT2D eigenvalue weighted by atomic mass is 10.1. The molecular formula is C18H20BrNO2. The van der Waals surface area contributed by atoms with E-state index in [1.54, 1.807) is 7.11 Å². The summed E-state index contributed by atoms with van der Waals surface area (Å²) in [6.45, 7) is 4.01. The van der Waals surface area contributed by atoms with Gasteiger partial charge in [-0.2, -0.15) is 0 Å². The normalized spacial score (nSPS) is 11.8. The van der Waals surface area contributed by atoms with Gasteiger partial charge in [0.1, 0.15) is 5.75 Å². The molecule has 2 aromatic carbocycles. The topological polar surface area (TPSA) is 38.3 Å². The molecule has 2 rings (SSSR count). The van der Waals surface area contributed by atoms with Crippen molar-refractivity contribution in [3.63, 3.8) is 0 Å². The number of rotatable bonds is 5. The van der Waals surface area contributed by atoms with Crippen LogP contribution in [0.1, 0.15) is 29.7 Å². The maximum Gasteiger partial charge on any atom is 0.224 e. The fourth-order valence-corrected chi connectivity index (χ4v) is 2.78. The van der Waals surface area contributed by atoms with Gasteiger partial charge in [-0.1, -0.05) is 35.9 Å². The Balaban J connectivity index is 1.98. The van der Waals surface area contributed by atoms with Crippen molar-refractivity contribution in [2.75, 3.05) is 7.11 Å². The Labute approximate surface area is 139 Å². The first-order chi connectivity index (χ1) is 10.5. The summed E-state index contributed by atoms with van der Waals surface area (Å²) < 4.78 is 6.10. The summed E-state index contributed by atoms with van der Waals surface area (Å²) in [6, 6.07) is 13.8. The van der Waals surface area contributed by atoms with Gasteiger partial charge in [-0.05, 0) is 53.0 Å². The van der Waals surface area contributed by atoms with Gasteiger partial charge in [-0.15, -0.1) is 0 Å². The maximum absolute atomic E-state index is 12.1. The van der Waals surface area contributed by atoms with E-state index in [4.69, 9.17) is 4.74 Å². The van der Waals surface area contributed by atoms with Crippen molar-refractivity contribution >= 4 is 21.8 Å². The fourth-order valence-electron chi connectivity index (χ4n) is 2.22. The Morgan fingerprint density at radius 1 is 1.23 bits per heavy atom. The smallest absolute Gasteiger partial charge is 0.224 e. The van der Waals surface area contributed by atoms with Gasteiger partial charge in [0.15, 0.2) is 0 Å². The molecule has 116 valence electrons. The van der Waals surface area contributed by atoms with Gasteiger partial charge in [0.05, 0.1) is 24.0 Å². The summed E-state index contributed by atoms with van der Waals surface area (Å²) in [4.78, 5) is 12.1. The molecule has 1 atom stereocenters. The zero-order valence-corrected chi connectivity index (χ0v) is 14.6. The highest BCUT2D eigenvalue weighted by molar-refractivity contribution is 9.10. The Kier molecular flexibility index (Phi) is 5.61. The molecule has 0 bridgehead atoms. The quantitative estimate of drug-likeness (QED) is 0.866. The molecule has 0 aliphatic carbocycles. The van der Waals surface area contributed by atoms with Crippen LogP contribution < -0.4 is 10.1 Å². The van der Waals surface area contributed by atoms with E-state index in [0.29, 0.717) is 6.42 Å². The SMILES string of the molecule is COc1ccc([C@@H](C)NC(=O)Cc2ccc(C)cc2)cc1Br. The summed E-state index contributed by atoms with van der Waals surface area (Å²) in [6.07, 6.45) is 0.391. The number of hydrogen-bond acceptors (Lipinski definition) is 2. The summed E-state index contributed by atoms with van der Waals surface area (Å²) in [5.41, 5.74) is 3.25. The van der Waals surface area contributed by atoms with Crippen LogP contribution in [0.15, 0.2) is 46.9 Å². The molecule has 0 saturated heterocycles. The minimum Gasteiger partial charge on any atom is -0.496 e. The highest BCUT2D eigenvalue weighted by Gasteiger charge is 2.12. The Hall–Kier alpha value is -1.81. The molecule has 0 unspecified atom stereocenters. The lowest BCUT2D eigenvalue weighted by molar-refractivity contribution is -0.121. The van der Waals surface area contributed by atoms with Crippen molar-refractivity contribution in [1.29, 1.82) is 0 Å². The van der Waals surface area contributed by atoms with Crippen LogP contribution in [0.2, 0.25) is 0 Å². The molecule has 1 amide bonds. The van der Waals surface area contributed by atoms with E-state index in [1.165, 1.54) is 5.56 Å². The molecular weight excluding hydrogens is 342 g/mol. The van der Waals surface area contributed by atoms with Crippen molar-refractivity contribution in [1.82, 2.24) is 5.32 Å². The molecule has 3 nitrogen and oxygen atoms in total. The van der Waals surface area contributed by atoms with E-state index in [-0.39, 0.29) is 11.9 Å². The van der Waals surface area contributed by atoms with Crippen molar-refractivity contribution in [3.05, 3.63) is 63.6 Å². The van der Waals surface area contributed by atoms with E-state index >= 15 is 0 Å². The van der Waals surface area contributed by atoms with Gasteiger partial charge in [0.25, 0.3) is 0 Å². The number of halogens is 1. The Morgan fingerprint density at radius 3 is 2.50 bits per heavy atom. The number of amides is 1. The maximum atomic E-state index is 12.1. The van der Waals surface area contributed by atoms with Crippen LogP contribution in [0.25, 0.3) is 0 Å². The van der Waals surface area contributed by atoms with Crippen LogP contribution in [0.3, 0.4) is 0 Å². The predicted octanol–water partition coefficient (Wildman–Crippen LogP) is 4.19. The van der Waals surface area contributed by atoms with Gasteiger partial charge in [-0.3, -0.25) is 4.79 Å². The standard InChI is InChI=1S/C18H20BrNO2/c1-12-4-6-14(7-5-12)10-18(21)20-13(2)15-8-9-17(22-3)16(19)11-15/h4-9,11,13H,10H2,1-3H3,(H,20,21)/t13-/m1/s1. The van der Waals surface area contributed by atoms with E-state index < -0.39 is 0 Å².